The van der Waals surface area contributed by atoms with E-state index in [0.29, 0.717) is 12.2 Å². The summed E-state index contributed by atoms with van der Waals surface area (Å²) < 4.78 is 5.40. The molecular formula is C21H22N4O2. The van der Waals surface area contributed by atoms with Gasteiger partial charge in [-0.15, -0.1) is 0 Å². The van der Waals surface area contributed by atoms with Gasteiger partial charge in [0.05, 0.1) is 7.11 Å². The minimum atomic E-state index is -0.0917. The second-order valence-corrected chi connectivity index (χ2v) is 6.84. The largest absolute Gasteiger partial charge is 0.494 e. The SMILES string of the molecule is COc1ccc(CN(C)C(=O)c2ccc3c(n2)N(C)CC3)c2cccnc12. The highest BCUT2D eigenvalue weighted by atomic mass is 16.5. The first kappa shape index (κ1) is 17.3. The number of rotatable bonds is 4. The lowest BCUT2D eigenvalue weighted by Gasteiger charge is -2.19. The van der Waals surface area contributed by atoms with E-state index in [4.69, 9.17) is 4.74 Å². The fraction of sp³-hybridized carbons (Fsp3) is 0.286. The molecule has 2 aromatic heterocycles. The van der Waals surface area contributed by atoms with Crippen LogP contribution in [0.1, 0.15) is 21.6 Å². The zero-order valence-electron chi connectivity index (χ0n) is 15.8. The first-order valence-corrected chi connectivity index (χ1v) is 8.95. The number of amides is 1. The van der Waals surface area contributed by atoms with Crippen molar-refractivity contribution in [1.29, 1.82) is 0 Å². The summed E-state index contributed by atoms with van der Waals surface area (Å²) in [6.45, 7) is 1.42. The van der Waals surface area contributed by atoms with Gasteiger partial charge in [0.25, 0.3) is 5.91 Å². The number of carbonyl (C=O) groups is 1. The monoisotopic (exact) mass is 362 g/mol. The van der Waals surface area contributed by atoms with Crippen molar-refractivity contribution in [2.45, 2.75) is 13.0 Å². The fourth-order valence-corrected chi connectivity index (χ4v) is 3.55. The van der Waals surface area contributed by atoms with E-state index in [9.17, 15) is 4.79 Å². The van der Waals surface area contributed by atoms with Crippen LogP contribution in [0.2, 0.25) is 0 Å². The molecule has 4 rings (SSSR count). The molecular weight excluding hydrogens is 340 g/mol. The van der Waals surface area contributed by atoms with Crippen LogP contribution in [-0.4, -0.2) is 48.5 Å². The van der Waals surface area contributed by atoms with Gasteiger partial charge < -0.3 is 14.5 Å². The van der Waals surface area contributed by atoms with E-state index in [-0.39, 0.29) is 5.91 Å². The zero-order valence-corrected chi connectivity index (χ0v) is 15.8. The molecule has 27 heavy (non-hydrogen) atoms. The summed E-state index contributed by atoms with van der Waals surface area (Å²) in [7, 11) is 5.44. The Morgan fingerprint density at radius 3 is 2.93 bits per heavy atom. The zero-order chi connectivity index (χ0) is 19.0. The van der Waals surface area contributed by atoms with Crippen molar-refractivity contribution in [3.63, 3.8) is 0 Å². The molecule has 0 spiro atoms. The van der Waals surface area contributed by atoms with Crippen LogP contribution in [0.25, 0.3) is 10.9 Å². The molecule has 6 heteroatoms. The van der Waals surface area contributed by atoms with Gasteiger partial charge in [-0.25, -0.2) is 4.98 Å². The first-order chi connectivity index (χ1) is 13.1. The Balaban J connectivity index is 1.61. The number of methoxy groups -OCH3 is 1. The first-order valence-electron chi connectivity index (χ1n) is 8.95. The summed E-state index contributed by atoms with van der Waals surface area (Å²) in [5.74, 6) is 1.55. The lowest BCUT2D eigenvalue weighted by molar-refractivity contribution is 0.0780. The lowest BCUT2D eigenvalue weighted by Crippen LogP contribution is -2.27. The highest BCUT2D eigenvalue weighted by Gasteiger charge is 2.21. The average molecular weight is 362 g/mol. The molecule has 0 N–H and O–H groups in total. The molecule has 0 saturated carbocycles. The van der Waals surface area contributed by atoms with E-state index in [1.54, 1.807) is 25.3 Å². The predicted molar refractivity (Wildman–Crippen MR) is 105 cm³/mol. The van der Waals surface area contributed by atoms with E-state index >= 15 is 0 Å². The molecule has 138 valence electrons. The van der Waals surface area contributed by atoms with Crippen LogP contribution in [0, 0.1) is 0 Å². The van der Waals surface area contributed by atoms with Crippen LogP contribution >= 0.6 is 0 Å². The highest BCUT2D eigenvalue weighted by Crippen LogP contribution is 2.28. The molecule has 1 amide bonds. The molecule has 0 fully saturated rings. The maximum absolute atomic E-state index is 12.9. The molecule has 1 aliphatic rings. The average Bonchev–Trinajstić information content (AvgIpc) is 3.08. The van der Waals surface area contributed by atoms with E-state index in [2.05, 4.69) is 14.9 Å². The van der Waals surface area contributed by atoms with E-state index < -0.39 is 0 Å². The topological polar surface area (TPSA) is 58.6 Å². The molecule has 1 aliphatic heterocycles. The van der Waals surface area contributed by atoms with Gasteiger partial charge in [0.2, 0.25) is 0 Å². The van der Waals surface area contributed by atoms with E-state index in [0.717, 1.165) is 41.0 Å². The third kappa shape index (κ3) is 3.07. The number of likely N-dealkylation sites (N-methyl/N-ethyl adjacent to an activating group) is 1. The summed E-state index contributed by atoms with van der Waals surface area (Å²) in [4.78, 5) is 25.7. The van der Waals surface area contributed by atoms with Gasteiger partial charge in [0.15, 0.2) is 0 Å². The second kappa shape index (κ2) is 6.87. The predicted octanol–water partition coefficient (Wildman–Crippen LogP) is 2.90. The Bertz CT molecular complexity index is 1020. The molecule has 0 atom stereocenters. The smallest absolute Gasteiger partial charge is 0.272 e. The Morgan fingerprint density at radius 1 is 1.26 bits per heavy atom. The highest BCUT2D eigenvalue weighted by molar-refractivity contribution is 5.93. The van der Waals surface area contributed by atoms with Crippen LogP contribution in [0.3, 0.4) is 0 Å². The summed E-state index contributed by atoms with van der Waals surface area (Å²) in [5, 5.41) is 0.984. The fourth-order valence-electron chi connectivity index (χ4n) is 3.55. The van der Waals surface area contributed by atoms with Crippen molar-refractivity contribution in [3.05, 3.63) is 59.4 Å². The molecule has 0 unspecified atom stereocenters. The summed E-state index contributed by atoms with van der Waals surface area (Å²) in [5.41, 5.74) is 3.49. The van der Waals surface area contributed by atoms with E-state index in [1.807, 2.05) is 43.4 Å². The van der Waals surface area contributed by atoms with Gasteiger partial charge >= 0.3 is 0 Å². The molecule has 0 aliphatic carbocycles. The van der Waals surface area contributed by atoms with Gasteiger partial charge in [0.1, 0.15) is 22.8 Å². The molecule has 6 nitrogen and oxygen atoms in total. The minimum absolute atomic E-state index is 0.0917. The van der Waals surface area contributed by atoms with Crippen LogP contribution in [0.5, 0.6) is 5.75 Å². The Hall–Kier alpha value is -3.15. The Kier molecular flexibility index (Phi) is 4.39. The summed E-state index contributed by atoms with van der Waals surface area (Å²) >= 11 is 0. The molecule has 3 aromatic rings. The standard InChI is InChI=1S/C21H22N4O2/c1-24-12-10-14-6-8-17(23-20(14)24)21(26)25(2)13-15-7-9-18(27-3)19-16(15)5-4-11-22-19/h4-9,11H,10,12-13H2,1-3H3. The molecule has 3 heterocycles. The number of nitrogens with zero attached hydrogens (tertiary/aromatic N) is 4. The number of hydrogen-bond donors (Lipinski definition) is 0. The van der Waals surface area contributed by atoms with Crippen molar-refractivity contribution < 1.29 is 9.53 Å². The van der Waals surface area contributed by atoms with Crippen molar-refractivity contribution in [2.75, 3.05) is 32.6 Å². The number of ether oxygens (including phenoxy) is 1. The Morgan fingerprint density at radius 2 is 2.11 bits per heavy atom. The number of pyridine rings is 2. The Labute approximate surface area is 158 Å². The van der Waals surface area contributed by atoms with Gasteiger partial charge in [-0.05, 0) is 35.7 Å². The molecule has 0 radical (unpaired) electrons. The third-order valence-electron chi connectivity index (χ3n) is 5.05. The molecule has 1 aromatic carbocycles. The number of carbonyl (C=O) groups excluding carboxylic acids is 1. The van der Waals surface area contributed by atoms with Crippen molar-refractivity contribution in [2.24, 2.45) is 0 Å². The minimum Gasteiger partial charge on any atom is -0.494 e. The normalized spacial score (nSPS) is 12.9. The van der Waals surface area contributed by atoms with E-state index in [1.165, 1.54) is 5.56 Å². The number of benzene rings is 1. The van der Waals surface area contributed by atoms with Crippen molar-refractivity contribution >= 4 is 22.6 Å². The molecule has 0 saturated heterocycles. The van der Waals surface area contributed by atoms with Gasteiger partial charge in [-0.1, -0.05) is 18.2 Å². The van der Waals surface area contributed by atoms with Crippen LogP contribution in [-0.2, 0) is 13.0 Å². The van der Waals surface area contributed by atoms with Crippen LogP contribution in [0.4, 0.5) is 5.82 Å². The molecule has 0 bridgehead atoms. The quantitative estimate of drug-likeness (QED) is 0.714. The van der Waals surface area contributed by atoms with Crippen LogP contribution < -0.4 is 9.64 Å². The maximum Gasteiger partial charge on any atom is 0.272 e. The number of anilines is 1. The third-order valence-corrected chi connectivity index (χ3v) is 5.05. The van der Waals surface area contributed by atoms with Crippen molar-refractivity contribution in [1.82, 2.24) is 14.9 Å². The summed E-state index contributed by atoms with van der Waals surface area (Å²) in [6, 6.07) is 11.6. The number of aromatic nitrogens is 2. The summed E-state index contributed by atoms with van der Waals surface area (Å²) in [6.07, 6.45) is 2.72. The number of fused-ring (bicyclic) bond motifs is 2. The maximum atomic E-state index is 12.9. The second-order valence-electron chi connectivity index (χ2n) is 6.84. The van der Waals surface area contributed by atoms with Crippen molar-refractivity contribution in [3.8, 4) is 5.75 Å². The number of hydrogen-bond acceptors (Lipinski definition) is 5. The van der Waals surface area contributed by atoms with Gasteiger partial charge in [0, 0.05) is 38.8 Å². The van der Waals surface area contributed by atoms with Crippen LogP contribution in [0.15, 0.2) is 42.6 Å². The van der Waals surface area contributed by atoms with Gasteiger partial charge in [-0.2, -0.15) is 0 Å². The van der Waals surface area contributed by atoms with Gasteiger partial charge in [-0.3, -0.25) is 9.78 Å². The lowest BCUT2D eigenvalue weighted by atomic mass is 10.1.